The smallest absolute Gasteiger partial charge is 0.280 e. The van der Waals surface area contributed by atoms with Crippen molar-refractivity contribution in [2.45, 2.75) is 33.2 Å². The van der Waals surface area contributed by atoms with E-state index in [1.54, 1.807) is 15.6 Å². The standard InChI is InChI=1S/C21H29N5O2S.ClH/c1-6-28-17-9-7-10-18-19(17)22-21(29-18)25(13-8-12-24(4)5)20(27)16-11-14-26(23-16)15(2)3;/h7,9-11,14-15H,6,8,12-13H2,1-5H3;1H. The number of hydrogen-bond acceptors (Lipinski definition) is 6. The number of carbonyl (C=O) groups is 1. The molecular formula is C21H30ClN5O2S. The molecule has 2 heterocycles. The summed E-state index contributed by atoms with van der Waals surface area (Å²) in [4.78, 5) is 21.9. The molecular weight excluding hydrogens is 422 g/mol. The number of anilines is 1. The minimum atomic E-state index is -0.125. The van der Waals surface area contributed by atoms with Crippen LogP contribution in [0, 0.1) is 0 Å². The molecule has 1 amide bonds. The van der Waals surface area contributed by atoms with E-state index in [1.165, 1.54) is 11.3 Å². The van der Waals surface area contributed by atoms with Crippen LogP contribution in [-0.4, -0.2) is 59.4 Å². The molecule has 3 aromatic rings. The van der Waals surface area contributed by atoms with Crippen molar-refractivity contribution in [3.05, 3.63) is 36.2 Å². The SMILES string of the molecule is CCOc1cccc2sc(N(CCCN(C)C)C(=O)c3ccn(C(C)C)n3)nc12.Cl. The van der Waals surface area contributed by atoms with Crippen molar-refractivity contribution in [1.29, 1.82) is 0 Å². The number of benzene rings is 1. The maximum atomic E-state index is 13.3. The number of thiazole rings is 1. The van der Waals surface area contributed by atoms with Crippen LogP contribution >= 0.6 is 23.7 Å². The fraction of sp³-hybridized carbons (Fsp3) is 0.476. The van der Waals surface area contributed by atoms with E-state index in [-0.39, 0.29) is 24.4 Å². The molecule has 2 aromatic heterocycles. The summed E-state index contributed by atoms with van der Waals surface area (Å²) in [6, 6.07) is 7.86. The van der Waals surface area contributed by atoms with Crippen LogP contribution in [0.3, 0.4) is 0 Å². The predicted molar refractivity (Wildman–Crippen MR) is 125 cm³/mol. The number of ether oxygens (including phenoxy) is 1. The Balaban J connectivity index is 0.00000320. The number of halogens is 1. The molecule has 0 aliphatic carbocycles. The summed E-state index contributed by atoms with van der Waals surface area (Å²) in [5.41, 5.74) is 1.24. The highest BCUT2D eigenvalue weighted by molar-refractivity contribution is 7.22. The highest BCUT2D eigenvalue weighted by atomic mass is 35.5. The topological polar surface area (TPSA) is 63.5 Å². The van der Waals surface area contributed by atoms with Gasteiger partial charge in [-0.1, -0.05) is 17.4 Å². The third-order valence-electron chi connectivity index (χ3n) is 4.49. The first-order valence-corrected chi connectivity index (χ1v) is 10.8. The van der Waals surface area contributed by atoms with E-state index in [4.69, 9.17) is 9.72 Å². The van der Waals surface area contributed by atoms with Crippen LogP contribution in [-0.2, 0) is 0 Å². The van der Waals surface area contributed by atoms with Crippen molar-refractivity contribution in [3.63, 3.8) is 0 Å². The lowest BCUT2D eigenvalue weighted by Crippen LogP contribution is -2.33. The summed E-state index contributed by atoms with van der Waals surface area (Å²) in [6.07, 6.45) is 2.69. The molecule has 0 aliphatic rings. The highest BCUT2D eigenvalue weighted by Gasteiger charge is 2.24. The Kier molecular flexibility index (Phi) is 8.64. The number of amides is 1. The van der Waals surface area contributed by atoms with Crippen molar-refractivity contribution in [2.75, 3.05) is 38.7 Å². The minimum absolute atomic E-state index is 0. The predicted octanol–water partition coefficient (Wildman–Crippen LogP) is 4.49. The fourth-order valence-corrected chi connectivity index (χ4v) is 4.01. The molecule has 7 nitrogen and oxygen atoms in total. The number of para-hydroxylation sites is 1. The van der Waals surface area contributed by atoms with Gasteiger partial charge in [-0.05, 0) is 66.0 Å². The summed E-state index contributed by atoms with van der Waals surface area (Å²) in [5.74, 6) is 0.623. The number of fused-ring (bicyclic) bond motifs is 1. The summed E-state index contributed by atoms with van der Waals surface area (Å²) < 4.78 is 8.52. The zero-order chi connectivity index (χ0) is 21.0. The second-order valence-electron chi connectivity index (χ2n) is 7.42. The minimum Gasteiger partial charge on any atom is -0.492 e. The van der Waals surface area contributed by atoms with E-state index < -0.39 is 0 Å². The molecule has 0 atom stereocenters. The molecule has 164 valence electrons. The Morgan fingerprint density at radius 2 is 2.00 bits per heavy atom. The average Bonchev–Trinajstić information content (AvgIpc) is 3.32. The molecule has 30 heavy (non-hydrogen) atoms. The lowest BCUT2D eigenvalue weighted by molar-refractivity contribution is 0.0980. The Morgan fingerprint density at radius 1 is 1.23 bits per heavy atom. The molecule has 0 bridgehead atoms. The Bertz CT molecular complexity index is 969. The highest BCUT2D eigenvalue weighted by Crippen LogP contribution is 2.34. The van der Waals surface area contributed by atoms with Gasteiger partial charge in [-0.25, -0.2) is 4.98 Å². The van der Waals surface area contributed by atoms with Crippen LogP contribution < -0.4 is 9.64 Å². The van der Waals surface area contributed by atoms with Gasteiger partial charge in [0, 0.05) is 18.8 Å². The van der Waals surface area contributed by atoms with Crippen molar-refractivity contribution in [1.82, 2.24) is 19.7 Å². The van der Waals surface area contributed by atoms with Gasteiger partial charge >= 0.3 is 0 Å². The van der Waals surface area contributed by atoms with Gasteiger partial charge < -0.3 is 9.64 Å². The Labute approximate surface area is 188 Å². The first-order valence-electron chi connectivity index (χ1n) is 9.94. The number of nitrogens with zero attached hydrogens (tertiary/aromatic N) is 5. The maximum Gasteiger partial charge on any atom is 0.280 e. The third kappa shape index (κ3) is 5.50. The Morgan fingerprint density at radius 3 is 2.63 bits per heavy atom. The van der Waals surface area contributed by atoms with E-state index in [9.17, 15) is 4.79 Å². The number of aromatic nitrogens is 3. The van der Waals surface area contributed by atoms with Crippen LogP contribution in [0.4, 0.5) is 5.13 Å². The molecule has 0 radical (unpaired) electrons. The molecule has 0 saturated carbocycles. The molecule has 0 spiro atoms. The fourth-order valence-electron chi connectivity index (χ4n) is 3.01. The van der Waals surface area contributed by atoms with E-state index in [0.717, 1.165) is 28.9 Å². The van der Waals surface area contributed by atoms with Crippen LogP contribution in [0.25, 0.3) is 10.2 Å². The third-order valence-corrected chi connectivity index (χ3v) is 5.53. The maximum absolute atomic E-state index is 13.3. The molecule has 0 saturated heterocycles. The van der Waals surface area contributed by atoms with E-state index in [2.05, 4.69) is 10.00 Å². The van der Waals surface area contributed by atoms with Gasteiger partial charge in [0.15, 0.2) is 10.8 Å². The molecule has 1 aromatic carbocycles. The van der Waals surface area contributed by atoms with Crippen molar-refractivity contribution < 1.29 is 9.53 Å². The van der Waals surface area contributed by atoms with E-state index in [1.807, 2.05) is 59.3 Å². The molecule has 3 rings (SSSR count). The largest absolute Gasteiger partial charge is 0.492 e. The summed E-state index contributed by atoms with van der Waals surface area (Å²) in [7, 11) is 4.06. The molecule has 0 aliphatic heterocycles. The van der Waals surface area contributed by atoms with Gasteiger partial charge in [0.05, 0.1) is 11.3 Å². The van der Waals surface area contributed by atoms with Crippen molar-refractivity contribution >= 4 is 45.0 Å². The Hall–Kier alpha value is -2.16. The van der Waals surface area contributed by atoms with Gasteiger partial charge in [0.2, 0.25) is 0 Å². The van der Waals surface area contributed by atoms with Crippen LogP contribution in [0.5, 0.6) is 5.75 Å². The van der Waals surface area contributed by atoms with Crippen LogP contribution in [0.2, 0.25) is 0 Å². The summed E-state index contributed by atoms with van der Waals surface area (Å²) >= 11 is 1.51. The van der Waals surface area contributed by atoms with E-state index >= 15 is 0 Å². The second kappa shape index (κ2) is 10.7. The lowest BCUT2D eigenvalue weighted by atomic mass is 10.3. The average molecular weight is 452 g/mol. The number of carbonyl (C=O) groups excluding carboxylic acids is 1. The normalized spacial score (nSPS) is 11.2. The quantitative estimate of drug-likeness (QED) is 0.479. The molecule has 0 unspecified atom stereocenters. The van der Waals surface area contributed by atoms with E-state index in [0.29, 0.717) is 24.0 Å². The van der Waals surface area contributed by atoms with Gasteiger partial charge in [0.25, 0.3) is 5.91 Å². The van der Waals surface area contributed by atoms with Gasteiger partial charge in [0.1, 0.15) is 11.3 Å². The zero-order valence-corrected chi connectivity index (χ0v) is 19.8. The lowest BCUT2D eigenvalue weighted by Gasteiger charge is -2.20. The summed E-state index contributed by atoms with van der Waals surface area (Å²) in [6.45, 7) is 8.07. The monoisotopic (exact) mass is 451 g/mol. The van der Waals surface area contributed by atoms with Crippen LogP contribution in [0.15, 0.2) is 30.5 Å². The second-order valence-corrected chi connectivity index (χ2v) is 8.43. The first kappa shape index (κ1) is 24.1. The van der Waals surface area contributed by atoms with Gasteiger partial charge in [-0.15, -0.1) is 12.4 Å². The van der Waals surface area contributed by atoms with Gasteiger partial charge in [-0.2, -0.15) is 5.10 Å². The number of rotatable bonds is 9. The number of hydrogen-bond donors (Lipinski definition) is 0. The van der Waals surface area contributed by atoms with Crippen molar-refractivity contribution in [2.24, 2.45) is 0 Å². The van der Waals surface area contributed by atoms with Crippen LogP contribution in [0.1, 0.15) is 43.7 Å². The summed E-state index contributed by atoms with van der Waals surface area (Å²) in [5, 5.41) is 5.14. The molecule has 9 heteroatoms. The molecule has 0 fully saturated rings. The van der Waals surface area contributed by atoms with Gasteiger partial charge in [-0.3, -0.25) is 14.4 Å². The van der Waals surface area contributed by atoms with Crippen molar-refractivity contribution in [3.8, 4) is 5.75 Å². The first-order chi connectivity index (χ1) is 13.9. The molecule has 0 N–H and O–H groups in total. The zero-order valence-electron chi connectivity index (χ0n) is 18.2.